The number of carboxylic acid groups (broad SMARTS) is 1. The number of aromatic nitrogens is 3. The molecule has 4 N–H and O–H groups in total. The molecule has 0 spiro atoms. The molecule has 10 heteroatoms. The van der Waals surface area contributed by atoms with Crippen molar-refractivity contribution < 1.29 is 24.1 Å². The molecule has 0 unspecified atom stereocenters. The van der Waals surface area contributed by atoms with Gasteiger partial charge in [0.2, 0.25) is 12.5 Å². The van der Waals surface area contributed by atoms with Gasteiger partial charge in [0.15, 0.2) is 11.5 Å². The quantitative estimate of drug-likeness (QED) is 0.414. The summed E-state index contributed by atoms with van der Waals surface area (Å²) in [5.74, 6) is 1.73. The molecule has 5 rings (SSSR count). The molecule has 2 aromatic heterocycles. The number of hydrogen-bond acceptors (Lipinski definition) is 8. The number of pyridine rings is 1. The fraction of sp³-hybridized carbons (Fsp3) is 0.0909. The number of nitriles is 1. The Morgan fingerprint density at radius 3 is 2.81 bits per heavy atom. The highest BCUT2D eigenvalue weighted by Crippen LogP contribution is 2.45. The minimum Gasteiger partial charge on any atom is -0.493 e. The lowest BCUT2D eigenvalue weighted by Gasteiger charge is -2.12. The molecular weight excluding hydrogens is 414 g/mol. The van der Waals surface area contributed by atoms with E-state index in [9.17, 15) is 5.26 Å². The fourth-order valence-corrected chi connectivity index (χ4v) is 3.48. The Morgan fingerprint density at radius 1 is 1.28 bits per heavy atom. The molecule has 0 fully saturated rings. The zero-order chi connectivity index (χ0) is 22.7. The Kier molecular flexibility index (Phi) is 5.46. The van der Waals surface area contributed by atoms with Crippen LogP contribution >= 0.6 is 0 Å². The first-order valence-electron chi connectivity index (χ1n) is 9.31. The highest BCUT2D eigenvalue weighted by molar-refractivity contribution is 5.93. The monoisotopic (exact) mass is 431 g/mol. The number of nitrogen functional groups attached to an aromatic ring is 1. The Balaban J connectivity index is 0.000000775. The Hall–Kier alpha value is -4.78. The first-order chi connectivity index (χ1) is 15.6. The predicted octanol–water partition coefficient (Wildman–Crippen LogP) is 3.18. The van der Waals surface area contributed by atoms with E-state index in [0.717, 1.165) is 10.9 Å². The molecule has 10 nitrogen and oxygen atoms in total. The maximum absolute atomic E-state index is 9.69. The molecule has 0 amide bonds. The zero-order valence-electron chi connectivity index (χ0n) is 16.8. The van der Waals surface area contributed by atoms with E-state index < -0.39 is 0 Å². The van der Waals surface area contributed by atoms with Crippen molar-refractivity contribution in [1.82, 2.24) is 15.2 Å². The number of anilines is 1. The first kappa shape index (κ1) is 20.5. The van der Waals surface area contributed by atoms with E-state index in [2.05, 4.69) is 21.3 Å². The number of methoxy groups -OCH3 is 1. The molecule has 2 aromatic carbocycles. The highest BCUT2D eigenvalue weighted by Gasteiger charge is 2.23. The number of H-pyrrole nitrogens is 1. The zero-order valence-corrected chi connectivity index (χ0v) is 16.8. The van der Waals surface area contributed by atoms with Crippen molar-refractivity contribution in [1.29, 1.82) is 5.26 Å². The summed E-state index contributed by atoms with van der Waals surface area (Å²) in [6, 6.07) is 15.3. The summed E-state index contributed by atoms with van der Waals surface area (Å²) < 4.78 is 16.4. The third kappa shape index (κ3) is 3.48. The number of aromatic amines is 1. The molecule has 0 atom stereocenters. The molecule has 0 radical (unpaired) electrons. The van der Waals surface area contributed by atoms with Gasteiger partial charge in [0, 0.05) is 10.9 Å². The van der Waals surface area contributed by atoms with Crippen LogP contribution < -0.4 is 19.9 Å². The summed E-state index contributed by atoms with van der Waals surface area (Å²) in [6.45, 7) is -0.136. The van der Waals surface area contributed by atoms with Gasteiger partial charge >= 0.3 is 0 Å². The Morgan fingerprint density at radius 2 is 2.06 bits per heavy atom. The van der Waals surface area contributed by atoms with Crippen LogP contribution in [0.4, 0.5) is 5.82 Å². The second kappa shape index (κ2) is 8.53. The van der Waals surface area contributed by atoms with Crippen molar-refractivity contribution in [2.45, 2.75) is 0 Å². The lowest BCUT2D eigenvalue weighted by molar-refractivity contribution is -0.122. The van der Waals surface area contributed by atoms with Crippen molar-refractivity contribution in [3.63, 3.8) is 0 Å². The number of ether oxygens (including phenoxy) is 3. The number of benzene rings is 2. The third-order valence-electron chi connectivity index (χ3n) is 4.84. The van der Waals surface area contributed by atoms with Gasteiger partial charge in [-0.1, -0.05) is 18.2 Å². The minimum atomic E-state index is -0.250. The molecule has 0 bridgehead atoms. The summed E-state index contributed by atoms with van der Waals surface area (Å²) in [5.41, 5.74) is 9.84. The summed E-state index contributed by atoms with van der Waals surface area (Å²) in [7, 11) is 1.55. The topological polar surface area (TPSA) is 156 Å². The van der Waals surface area contributed by atoms with Crippen LogP contribution in [-0.4, -0.2) is 40.7 Å². The van der Waals surface area contributed by atoms with E-state index in [0.29, 0.717) is 39.8 Å². The number of fused-ring (bicyclic) bond motifs is 2. The van der Waals surface area contributed by atoms with Crippen LogP contribution in [0.15, 0.2) is 42.5 Å². The lowest BCUT2D eigenvalue weighted by Crippen LogP contribution is -2.00. The molecule has 0 saturated heterocycles. The van der Waals surface area contributed by atoms with E-state index in [1.54, 1.807) is 25.3 Å². The van der Waals surface area contributed by atoms with E-state index in [1.165, 1.54) is 0 Å². The van der Waals surface area contributed by atoms with Crippen LogP contribution in [0, 0.1) is 11.3 Å². The van der Waals surface area contributed by atoms with E-state index >= 15 is 0 Å². The van der Waals surface area contributed by atoms with Crippen LogP contribution in [0.1, 0.15) is 5.56 Å². The average molecular weight is 431 g/mol. The minimum absolute atomic E-state index is 0.114. The van der Waals surface area contributed by atoms with E-state index in [-0.39, 0.29) is 24.6 Å². The smallest absolute Gasteiger partial charge is 0.290 e. The van der Waals surface area contributed by atoms with Crippen LogP contribution in [0.3, 0.4) is 0 Å². The second-order valence-electron chi connectivity index (χ2n) is 6.56. The molecule has 32 heavy (non-hydrogen) atoms. The average Bonchev–Trinajstić information content (AvgIpc) is 3.45. The number of para-hydroxylation sites is 1. The van der Waals surface area contributed by atoms with Gasteiger partial charge in [-0.25, -0.2) is 4.98 Å². The van der Waals surface area contributed by atoms with Gasteiger partial charge in [0.25, 0.3) is 6.47 Å². The number of carbonyl (C=O) groups is 1. The molecular formula is C22H17N5O5. The molecule has 4 aromatic rings. The van der Waals surface area contributed by atoms with Gasteiger partial charge in [0.05, 0.1) is 18.3 Å². The lowest BCUT2D eigenvalue weighted by atomic mass is 9.98. The third-order valence-corrected chi connectivity index (χ3v) is 4.84. The maximum Gasteiger partial charge on any atom is 0.290 e. The molecule has 1 aliphatic rings. The molecule has 3 heterocycles. The summed E-state index contributed by atoms with van der Waals surface area (Å²) in [4.78, 5) is 12.8. The highest BCUT2D eigenvalue weighted by atomic mass is 16.7. The summed E-state index contributed by atoms with van der Waals surface area (Å²) in [5, 5.41) is 24.9. The van der Waals surface area contributed by atoms with Crippen molar-refractivity contribution in [3.8, 4) is 45.8 Å². The van der Waals surface area contributed by atoms with Crippen molar-refractivity contribution in [3.05, 3.63) is 48.0 Å². The van der Waals surface area contributed by atoms with Gasteiger partial charge in [-0.15, -0.1) is 0 Å². The van der Waals surface area contributed by atoms with Gasteiger partial charge in [-0.2, -0.15) is 10.4 Å². The van der Waals surface area contributed by atoms with Gasteiger partial charge in [-0.05, 0) is 29.8 Å². The second-order valence-corrected chi connectivity index (χ2v) is 6.56. The van der Waals surface area contributed by atoms with Gasteiger partial charge in [-0.3, -0.25) is 9.89 Å². The van der Waals surface area contributed by atoms with Crippen LogP contribution in [0.25, 0.3) is 33.4 Å². The van der Waals surface area contributed by atoms with Crippen LogP contribution in [-0.2, 0) is 4.79 Å². The van der Waals surface area contributed by atoms with Gasteiger partial charge in [0.1, 0.15) is 23.1 Å². The number of rotatable bonds is 3. The molecule has 1 aliphatic heterocycles. The number of nitrogens with two attached hydrogens (primary N) is 1. The first-order valence-corrected chi connectivity index (χ1v) is 9.31. The standard InChI is InChI=1S/C21H15N5O3.CH2O2/c1-27-17-6-11(7-18-20(17)29-10-28-18)13-8-16(24-21(23)14(13)9-22)19-12-4-2-3-5-15(12)25-26-19;2-1-3/h2-8H,10H2,1H3,(H2,23,24)(H,25,26);1H,(H,2,3). The molecule has 0 aliphatic carbocycles. The summed E-state index contributed by atoms with van der Waals surface area (Å²) in [6.07, 6.45) is 0. The van der Waals surface area contributed by atoms with Gasteiger partial charge < -0.3 is 25.1 Å². The normalized spacial score (nSPS) is 11.4. The van der Waals surface area contributed by atoms with Crippen LogP contribution in [0.2, 0.25) is 0 Å². The number of hydrogen-bond donors (Lipinski definition) is 3. The molecule has 160 valence electrons. The molecule has 0 saturated carbocycles. The Bertz CT molecular complexity index is 1360. The van der Waals surface area contributed by atoms with Crippen molar-refractivity contribution >= 4 is 23.2 Å². The summed E-state index contributed by atoms with van der Waals surface area (Å²) >= 11 is 0. The SMILES string of the molecule is COc1cc(-c2cc(-c3n[nH]c4ccccc34)nc(N)c2C#N)cc2c1OCO2.O=CO. The van der Waals surface area contributed by atoms with E-state index in [1.807, 2.05) is 24.3 Å². The number of nitrogens with zero attached hydrogens (tertiary/aromatic N) is 3. The van der Waals surface area contributed by atoms with Crippen LogP contribution in [0.5, 0.6) is 17.2 Å². The fourth-order valence-electron chi connectivity index (χ4n) is 3.48. The number of nitrogens with one attached hydrogen (secondary N) is 1. The van der Waals surface area contributed by atoms with E-state index in [4.69, 9.17) is 29.8 Å². The van der Waals surface area contributed by atoms with Crippen molar-refractivity contribution in [2.75, 3.05) is 19.6 Å². The predicted molar refractivity (Wildman–Crippen MR) is 115 cm³/mol. The van der Waals surface area contributed by atoms with Crippen molar-refractivity contribution in [2.24, 2.45) is 0 Å². The maximum atomic E-state index is 9.69. The largest absolute Gasteiger partial charge is 0.493 e. The Labute approximate surface area is 181 Å².